The summed E-state index contributed by atoms with van der Waals surface area (Å²) in [4.78, 5) is 38.1. The van der Waals surface area contributed by atoms with Gasteiger partial charge in [-0.25, -0.2) is 18.4 Å². The lowest BCUT2D eigenvalue weighted by Gasteiger charge is -2.26. The number of pyridine rings is 2. The van der Waals surface area contributed by atoms with Crippen molar-refractivity contribution in [2.24, 2.45) is 0 Å². The Morgan fingerprint density at radius 1 is 1.02 bits per heavy atom. The maximum Gasteiger partial charge on any atom is 0.265 e. The number of anilines is 2. The number of carbonyl (C=O) groups is 2. The number of benzene rings is 1. The van der Waals surface area contributed by atoms with Gasteiger partial charge in [-0.1, -0.05) is 18.2 Å². The van der Waals surface area contributed by atoms with Gasteiger partial charge in [-0.05, 0) is 43.3 Å². The van der Waals surface area contributed by atoms with Crippen molar-refractivity contribution in [2.75, 3.05) is 54.9 Å². The minimum absolute atomic E-state index is 0.161. The SMILES string of the molecule is CCNc1nc(-c2ccc(NC(=O)c3cc4cccnc4s3)cc2)ccc1C(=O)NCCN1CCS(=O)(=O)CC1. The van der Waals surface area contributed by atoms with Crippen molar-refractivity contribution in [3.8, 4) is 11.3 Å². The Labute approximate surface area is 236 Å². The molecule has 0 aliphatic carbocycles. The van der Waals surface area contributed by atoms with E-state index in [-0.39, 0.29) is 23.3 Å². The van der Waals surface area contributed by atoms with Crippen molar-refractivity contribution in [1.82, 2.24) is 20.2 Å². The number of hydrogen-bond acceptors (Lipinski definition) is 9. The van der Waals surface area contributed by atoms with Crippen LogP contribution in [0.2, 0.25) is 0 Å². The lowest BCUT2D eigenvalue weighted by atomic mass is 10.1. The van der Waals surface area contributed by atoms with Gasteiger partial charge in [0, 0.05) is 55.6 Å². The van der Waals surface area contributed by atoms with Crippen LogP contribution in [0.4, 0.5) is 11.5 Å². The molecule has 0 atom stereocenters. The minimum Gasteiger partial charge on any atom is -0.370 e. The van der Waals surface area contributed by atoms with Crippen LogP contribution < -0.4 is 16.0 Å². The van der Waals surface area contributed by atoms with E-state index in [9.17, 15) is 18.0 Å². The molecule has 0 radical (unpaired) electrons. The van der Waals surface area contributed by atoms with E-state index >= 15 is 0 Å². The monoisotopic (exact) mass is 578 g/mol. The predicted octanol–water partition coefficient (Wildman–Crippen LogP) is 3.50. The number of rotatable bonds is 9. The van der Waals surface area contributed by atoms with Gasteiger partial charge >= 0.3 is 0 Å². The summed E-state index contributed by atoms with van der Waals surface area (Å²) in [5.74, 6) is 0.373. The van der Waals surface area contributed by atoms with Crippen LogP contribution in [-0.2, 0) is 9.84 Å². The Hall–Kier alpha value is -3.87. The summed E-state index contributed by atoms with van der Waals surface area (Å²) in [6.07, 6.45) is 1.71. The summed E-state index contributed by atoms with van der Waals surface area (Å²) in [5, 5.41) is 9.95. The fourth-order valence-corrected chi connectivity index (χ4v) is 6.58. The molecule has 0 saturated carbocycles. The zero-order valence-electron chi connectivity index (χ0n) is 22.0. The van der Waals surface area contributed by atoms with Crippen molar-refractivity contribution in [1.29, 1.82) is 0 Å². The maximum absolute atomic E-state index is 12.9. The van der Waals surface area contributed by atoms with Crippen LogP contribution in [-0.4, -0.2) is 79.3 Å². The van der Waals surface area contributed by atoms with Crippen molar-refractivity contribution in [3.63, 3.8) is 0 Å². The van der Waals surface area contributed by atoms with Gasteiger partial charge in [-0.15, -0.1) is 11.3 Å². The number of nitrogens with zero attached hydrogens (tertiary/aromatic N) is 3. The summed E-state index contributed by atoms with van der Waals surface area (Å²) in [6, 6.07) is 16.5. The molecule has 5 rings (SSSR count). The largest absolute Gasteiger partial charge is 0.370 e. The molecule has 0 spiro atoms. The minimum atomic E-state index is -2.93. The Balaban J connectivity index is 1.21. The zero-order valence-corrected chi connectivity index (χ0v) is 23.6. The standard InChI is InChI=1S/C28H30N6O4S2/c1-2-29-25-22(26(35)30-12-13-34-14-16-40(37,38)17-15-34)9-10-23(33-25)19-5-7-21(8-6-19)32-27(36)24-18-20-4-3-11-31-28(20)39-24/h3-11,18H,2,12-17H2,1H3,(H,29,33)(H,30,35)(H,32,36). The van der Waals surface area contributed by atoms with Crippen molar-refractivity contribution < 1.29 is 18.0 Å². The van der Waals surface area contributed by atoms with Crippen LogP contribution in [0.3, 0.4) is 0 Å². The number of fused-ring (bicyclic) bond motifs is 1. The molecule has 10 nitrogen and oxygen atoms in total. The molecule has 0 bridgehead atoms. The van der Waals surface area contributed by atoms with Gasteiger partial charge < -0.3 is 16.0 Å². The Kier molecular flexibility index (Phi) is 8.38. The second kappa shape index (κ2) is 12.1. The summed E-state index contributed by atoms with van der Waals surface area (Å²) in [6.45, 7) is 4.51. The first-order valence-electron chi connectivity index (χ1n) is 13.0. The molecule has 1 fully saturated rings. The Morgan fingerprint density at radius 3 is 2.52 bits per heavy atom. The molecule has 1 aromatic carbocycles. The molecule has 4 aromatic rings. The molecule has 4 heterocycles. The van der Waals surface area contributed by atoms with Crippen LogP contribution in [0.25, 0.3) is 21.5 Å². The number of sulfone groups is 1. The molecule has 1 saturated heterocycles. The van der Waals surface area contributed by atoms with Crippen molar-refractivity contribution in [3.05, 3.63) is 71.2 Å². The predicted molar refractivity (Wildman–Crippen MR) is 159 cm³/mol. The maximum atomic E-state index is 12.9. The van der Waals surface area contributed by atoms with Crippen LogP contribution in [0.15, 0.2) is 60.8 Å². The highest BCUT2D eigenvalue weighted by Gasteiger charge is 2.21. The number of carbonyl (C=O) groups excluding carboxylic acids is 2. The summed E-state index contributed by atoms with van der Waals surface area (Å²) in [5.41, 5.74) is 2.63. The number of aromatic nitrogens is 2. The van der Waals surface area contributed by atoms with E-state index in [0.29, 0.717) is 60.4 Å². The molecule has 1 aliphatic rings. The summed E-state index contributed by atoms with van der Waals surface area (Å²) >= 11 is 1.35. The van der Waals surface area contributed by atoms with Crippen molar-refractivity contribution in [2.45, 2.75) is 6.92 Å². The van der Waals surface area contributed by atoms with Crippen LogP contribution in [0.5, 0.6) is 0 Å². The molecule has 1 aliphatic heterocycles. The first-order chi connectivity index (χ1) is 19.3. The third-order valence-corrected chi connectivity index (χ3v) is 9.26. The molecule has 3 aromatic heterocycles. The average Bonchev–Trinajstić information content (AvgIpc) is 3.39. The number of thiophene rings is 1. The van der Waals surface area contributed by atoms with E-state index in [1.165, 1.54) is 11.3 Å². The third kappa shape index (κ3) is 6.64. The highest BCUT2D eigenvalue weighted by atomic mass is 32.2. The molecule has 12 heteroatoms. The van der Waals surface area contributed by atoms with E-state index in [0.717, 1.165) is 15.8 Å². The average molecular weight is 579 g/mol. The highest BCUT2D eigenvalue weighted by molar-refractivity contribution is 7.91. The normalized spacial score (nSPS) is 15.0. The van der Waals surface area contributed by atoms with E-state index in [2.05, 4.69) is 25.9 Å². The molecular formula is C28H30N6O4S2. The van der Waals surface area contributed by atoms with E-state index in [1.807, 2.05) is 54.3 Å². The Bertz CT molecular complexity index is 1590. The lowest BCUT2D eigenvalue weighted by molar-refractivity contribution is 0.0948. The van der Waals surface area contributed by atoms with Gasteiger partial charge in [-0.2, -0.15) is 0 Å². The van der Waals surface area contributed by atoms with Gasteiger partial charge in [0.05, 0.1) is 27.6 Å². The second-order valence-corrected chi connectivity index (χ2v) is 12.7. The molecule has 40 heavy (non-hydrogen) atoms. The number of amides is 2. The third-order valence-electron chi connectivity index (χ3n) is 6.59. The van der Waals surface area contributed by atoms with Gasteiger partial charge in [-0.3, -0.25) is 14.5 Å². The molecule has 2 amide bonds. The molecule has 208 valence electrons. The van der Waals surface area contributed by atoms with Crippen LogP contribution >= 0.6 is 11.3 Å². The topological polar surface area (TPSA) is 133 Å². The van der Waals surface area contributed by atoms with Gasteiger partial charge in [0.1, 0.15) is 10.6 Å². The van der Waals surface area contributed by atoms with Crippen LogP contribution in [0.1, 0.15) is 27.0 Å². The van der Waals surface area contributed by atoms with Gasteiger partial charge in [0.2, 0.25) is 0 Å². The van der Waals surface area contributed by atoms with E-state index in [4.69, 9.17) is 0 Å². The molecule has 0 unspecified atom stereocenters. The quantitative estimate of drug-likeness (QED) is 0.275. The summed E-state index contributed by atoms with van der Waals surface area (Å²) < 4.78 is 23.2. The fourth-order valence-electron chi connectivity index (χ4n) is 4.40. The number of nitrogens with one attached hydrogen (secondary N) is 3. The fraction of sp³-hybridized carbons (Fsp3) is 0.286. The first kappa shape index (κ1) is 27.7. The molecule has 3 N–H and O–H groups in total. The lowest BCUT2D eigenvalue weighted by Crippen LogP contribution is -2.43. The van der Waals surface area contributed by atoms with Crippen LogP contribution in [0, 0.1) is 0 Å². The Morgan fingerprint density at radius 2 is 1.80 bits per heavy atom. The second-order valence-electron chi connectivity index (χ2n) is 9.41. The van der Waals surface area contributed by atoms with Crippen molar-refractivity contribution >= 4 is 54.7 Å². The van der Waals surface area contributed by atoms with E-state index in [1.54, 1.807) is 18.3 Å². The molecular weight excluding hydrogens is 548 g/mol. The van der Waals surface area contributed by atoms with Gasteiger partial charge in [0.15, 0.2) is 9.84 Å². The highest BCUT2D eigenvalue weighted by Crippen LogP contribution is 2.26. The summed E-state index contributed by atoms with van der Waals surface area (Å²) in [7, 11) is -2.93. The van der Waals surface area contributed by atoms with Gasteiger partial charge in [0.25, 0.3) is 11.8 Å². The first-order valence-corrected chi connectivity index (χ1v) is 15.7. The van der Waals surface area contributed by atoms with E-state index < -0.39 is 9.84 Å². The smallest absolute Gasteiger partial charge is 0.265 e. The zero-order chi connectivity index (χ0) is 28.1. The number of hydrogen-bond donors (Lipinski definition) is 3.